The average Bonchev–Trinajstić information content (AvgIpc) is 2.68. The van der Waals surface area contributed by atoms with Gasteiger partial charge in [-0.25, -0.2) is 4.98 Å². The van der Waals surface area contributed by atoms with Crippen LogP contribution in [0.2, 0.25) is 0 Å². The number of nitrogens with one attached hydrogen (secondary N) is 1. The Bertz CT molecular complexity index is 657. The van der Waals surface area contributed by atoms with Gasteiger partial charge in [0.1, 0.15) is 0 Å². The number of halogens is 1. The first-order chi connectivity index (χ1) is 9.38. The van der Waals surface area contributed by atoms with Crippen LogP contribution in [0, 0.1) is 29.8 Å². The summed E-state index contributed by atoms with van der Waals surface area (Å²) in [7, 11) is 0. The molecular weight excluding hydrogens is 281 g/mol. The van der Waals surface area contributed by atoms with E-state index in [1.807, 2.05) is 20.8 Å². The lowest BCUT2D eigenvalue weighted by Crippen LogP contribution is -2.06. The van der Waals surface area contributed by atoms with Gasteiger partial charge in [-0.2, -0.15) is 4.39 Å². The van der Waals surface area contributed by atoms with Crippen LogP contribution in [0.1, 0.15) is 28.5 Å². The third-order valence-corrected chi connectivity index (χ3v) is 4.12. The summed E-state index contributed by atoms with van der Waals surface area (Å²) in [6.07, 6.45) is 0. The van der Waals surface area contributed by atoms with Gasteiger partial charge in [0.2, 0.25) is 5.82 Å². The largest absolute Gasteiger partial charge is 0.378 e. The molecule has 1 aromatic heterocycles. The van der Waals surface area contributed by atoms with Crippen molar-refractivity contribution in [1.29, 1.82) is 0 Å². The molecule has 2 rings (SSSR count). The summed E-state index contributed by atoms with van der Waals surface area (Å²) in [5.41, 5.74) is 0.925. The Morgan fingerprint density at radius 1 is 1.45 bits per heavy atom. The molecule has 1 unspecified atom stereocenters. The first kappa shape index (κ1) is 14.4. The van der Waals surface area contributed by atoms with Gasteiger partial charge < -0.3 is 5.32 Å². The van der Waals surface area contributed by atoms with Crippen molar-refractivity contribution < 1.29 is 9.31 Å². The predicted molar refractivity (Wildman–Crippen MR) is 76.7 cm³/mol. The zero-order valence-electron chi connectivity index (χ0n) is 11.3. The van der Waals surface area contributed by atoms with E-state index < -0.39 is 16.4 Å². The van der Waals surface area contributed by atoms with Crippen molar-refractivity contribution in [1.82, 2.24) is 4.98 Å². The van der Waals surface area contributed by atoms with Gasteiger partial charge in [0, 0.05) is 22.7 Å². The van der Waals surface area contributed by atoms with E-state index in [0.29, 0.717) is 5.69 Å². The highest BCUT2D eigenvalue weighted by Gasteiger charge is 2.16. The molecule has 2 aromatic rings. The molecule has 1 aromatic carbocycles. The Morgan fingerprint density at radius 2 is 2.15 bits per heavy atom. The first-order valence-corrected chi connectivity index (χ1v) is 6.84. The zero-order valence-corrected chi connectivity index (χ0v) is 12.1. The number of nitrogens with zero attached hydrogens (tertiary/aromatic N) is 2. The van der Waals surface area contributed by atoms with Gasteiger partial charge >= 0.3 is 5.69 Å². The van der Waals surface area contributed by atoms with Gasteiger partial charge in [0.05, 0.1) is 21.7 Å². The highest BCUT2D eigenvalue weighted by Crippen LogP contribution is 2.29. The third-order valence-electron chi connectivity index (χ3n) is 2.86. The lowest BCUT2D eigenvalue weighted by atomic mass is 10.2. The second-order valence-corrected chi connectivity index (χ2v) is 5.71. The molecule has 106 valence electrons. The number of benzene rings is 1. The van der Waals surface area contributed by atoms with Crippen molar-refractivity contribution >= 4 is 22.7 Å². The van der Waals surface area contributed by atoms with E-state index in [9.17, 15) is 14.5 Å². The van der Waals surface area contributed by atoms with Gasteiger partial charge in [-0.1, -0.05) is 0 Å². The minimum atomic E-state index is -0.843. The lowest BCUT2D eigenvalue weighted by molar-refractivity contribution is -0.387. The maximum absolute atomic E-state index is 13.5. The number of aromatic nitrogens is 1. The van der Waals surface area contributed by atoms with E-state index in [2.05, 4.69) is 10.3 Å². The Balaban J connectivity index is 2.20. The summed E-state index contributed by atoms with van der Waals surface area (Å²) in [5, 5.41) is 14.7. The zero-order chi connectivity index (χ0) is 14.9. The van der Waals surface area contributed by atoms with E-state index in [1.54, 1.807) is 11.3 Å². The fraction of sp³-hybridized carbons (Fsp3) is 0.308. The minimum absolute atomic E-state index is 0.0398. The summed E-state index contributed by atoms with van der Waals surface area (Å²) >= 11 is 1.58. The summed E-state index contributed by atoms with van der Waals surface area (Å²) < 4.78 is 13.5. The molecule has 1 atom stereocenters. The normalized spacial score (nSPS) is 12.2. The maximum atomic E-state index is 13.5. The monoisotopic (exact) mass is 295 g/mol. The van der Waals surface area contributed by atoms with Gasteiger partial charge in [-0.05, 0) is 26.8 Å². The number of rotatable bonds is 4. The molecule has 0 aliphatic heterocycles. The van der Waals surface area contributed by atoms with Crippen LogP contribution in [0.15, 0.2) is 18.2 Å². The number of nitro benzene ring substituents is 1. The maximum Gasteiger partial charge on any atom is 0.304 e. The van der Waals surface area contributed by atoms with Crippen molar-refractivity contribution in [3.8, 4) is 0 Å². The summed E-state index contributed by atoms with van der Waals surface area (Å²) in [6.45, 7) is 5.80. The molecule has 0 aliphatic rings. The second kappa shape index (κ2) is 5.54. The van der Waals surface area contributed by atoms with Crippen LogP contribution >= 0.6 is 11.3 Å². The molecule has 20 heavy (non-hydrogen) atoms. The van der Waals surface area contributed by atoms with Crippen molar-refractivity contribution in [2.45, 2.75) is 26.8 Å². The minimum Gasteiger partial charge on any atom is -0.378 e. The molecule has 0 saturated heterocycles. The fourth-order valence-electron chi connectivity index (χ4n) is 2.01. The van der Waals surface area contributed by atoms with Crippen LogP contribution in [0.5, 0.6) is 0 Å². The number of anilines is 1. The average molecular weight is 295 g/mol. The molecule has 1 heterocycles. The Labute approximate surface area is 119 Å². The molecular formula is C13H14FN3O2S. The molecule has 0 spiro atoms. The fourth-order valence-corrected chi connectivity index (χ4v) is 2.94. The summed E-state index contributed by atoms with van der Waals surface area (Å²) in [4.78, 5) is 15.2. The van der Waals surface area contributed by atoms with Gasteiger partial charge in [0.15, 0.2) is 0 Å². The molecule has 5 nitrogen and oxygen atoms in total. The lowest BCUT2D eigenvalue weighted by Gasteiger charge is -2.14. The van der Waals surface area contributed by atoms with Gasteiger partial charge in [-0.3, -0.25) is 10.1 Å². The molecule has 1 N–H and O–H groups in total. The smallest absolute Gasteiger partial charge is 0.304 e. The topological polar surface area (TPSA) is 68.1 Å². The molecule has 0 fully saturated rings. The quantitative estimate of drug-likeness (QED) is 0.684. The molecule has 7 heteroatoms. The van der Waals surface area contributed by atoms with Crippen molar-refractivity contribution in [3.05, 3.63) is 49.7 Å². The Hall–Kier alpha value is -2.02. The second-order valence-electron chi connectivity index (χ2n) is 4.47. The van der Waals surface area contributed by atoms with E-state index in [4.69, 9.17) is 0 Å². The van der Waals surface area contributed by atoms with Crippen molar-refractivity contribution in [2.24, 2.45) is 0 Å². The Morgan fingerprint density at radius 3 is 2.65 bits per heavy atom. The summed E-state index contributed by atoms with van der Waals surface area (Å²) in [6, 6.07) is 3.76. The molecule has 0 radical (unpaired) electrons. The predicted octanol–water partition coefficient (Wildman–Crippen LogP) is 3.98. The highest BCUT2D eigenvalue weighted by atomic mass is 32.1. The van der Waals surface area contributed by atoms with E-state index >= 15 is 0 Å². The van der Waals surface area contributed by atoms with Crippen LogP contribution in [0.25, 0.3) is 0 Å². The first-order valence-electron chi connectivity index (χ1n) is 6.03. The van der Waals surface area contributed by atoms with Crippen molar-refractivity contribution in [2.75, 3.05) is 5.32 Å². The number of hydrogen-bond acceptors (Lipinski definition) is 5. The summed E-state index contributed by atoms with van der Waals surface area (Å²) in [5.74, 6) is -0.843. The van der Waals surface area contributed by atoms with Crippen LogP contribution < -0.4 is 5.32 Å². The highest BCUT2D eigenvalue weighted by molar-refractivity contribution is 7.11. The SMILES string of the molecule is Cc1nc(C)c(C(C)Nc2ccc([N+](=O)[O-])c(F)c2)s1. The van der Waals surface area contributed by atoms with Gasteiger partial charge in [0.25, 0.3) is 0 Å². The van der Waals surface area contributed by atoms with E-state index in [0.717, 1.165) is 27.7 Å². The standard InChI is InChI=1S/C13H14FN3O2S/c1-7-13(20-9(3)15-7)8(2)16-10-4-5-12(17(18)19)11(14)6-10/h4-6,8,16H,1-3H3. The van der Waals surface area contributed by atoms with Crippen molar-refractivity contribution in [3.63, 3.8) is 0 Å². The number of nitro groups is 1. The molecule has 0 aliphatic carbocycles. The number of thiazole rings is 1. The van der Waals surface area contributed by atoms with Crippen LogP contribution in [0.3, 0.4) is 0 Å². The van der Waals surface area contributed by atoms with Crippen LogP contribution in [-0.4, -0.2) is 9.91 Å². The Kier molecular flexibility index (Phi) is 3.99. The van der Waals surface area contributed by atoms with E-state index in [1.165, 1.54) is 6.07 Å². The van der Waals surface area contributed by atoms with E-state index in [-0.39, 0.29) is 6.04 Å². The molecule has 0 bridgehead atoms. The third kappa shape index (κ3) is 2.93. The number of hydrogen-bond donors (Lipinski definition) is 1. The van der Waals surface area contributed by atoms with Gasteiger partial charge in [-0.15, -0.1) is 11.3 Å². The van der Waals surface area contributed by atoms with Crippen LogP contribution in [0.4, 0.5) is 15.8 Å². The van der Waals surface area contributed by atoms with Crippen LogP contribution in [-0.2, 0) is 0 Å². The molecule has 0 amide bonds. The molecule has 0 saturated carbocycles. The number of aryl methyl sites for hydroxylation is 2.